The van der Waals surface area contributed by atoms with E-state index in [1.54, 1.807) is 11.3 Å². The molecule has 0 bridgehead atoms. The molecule has 6 heteroatoms. The lowest BCUT2D eigenvalue weighted by Crippen LogP contribution is -2.25. The number of hydrogen-bond acceptors (Lipinski definition) is 3. The van der Waals surface area contributed by atoms with Gasteiger partial charge in [0.25, 0.3) is 0 Å². The van der Waals surface area contributed by atoms with Gasteiger partial charge in [-0.25, -0.2) is 17.5 Å². The molecule has 0 aliphatic rings. The predicted molar refractivity (Wildman–Crippen MR) is 69.6 cm³/mol. The summed E-state index contributed by atoms with van der Waals surface area (Å²) in [5.41, 5.74) is 0. The first kappa shape index (κ1) is 13.2. The van der Waals surface area contributed by atoms with E-state index in [-0.39, 0.29) is 4.90 Å². The summed E-state index contributed by atoms with van der Waals surface area (Å²) in [7, 11) is -3.54. The summed E-state index contributed by atoms with van der Waals surface area (Å²) in [4.78, 5) is 1.20. The molecule has 0 fully saturated rings. The molecule has 1 heterocycles. The summed E-state index contributed by atoms with van der Waals surface area (Å²) in [5, 5.41) is 1.95. The number of halogens is 1. The van der Waals surface area contributed by atoms with Crippen LogP contribution >= 0.6 is 11.3 Å². The Morgan fingerprint density at radius 1 is 1.17 bits per heavy atom. The minimum Gasteiger partial charge on any atom is -0.211 e. The third-order valence-electron chi connectivity index (χ3n) is 2.37. The Morgan fingerprint density at radius 2 is 1.89 bits per heavy atom. The Hall–Kier alpha value is -1.24. The predicted octanol–water partition coefficient (Wildman–Crippen LogP) is 2.41. The summed E-state index contributed by atoms with van der Waals surface area (Å²) in [6.45, 7) is 0.334. The Bertz CT molecular complexity index is 592. The quantitative estimate of drug-likeness (QED) is 0.917. The molecule has 0 spiro atoms. The lowest BCUT2D eigenvalue weighted by Gasteiger charge is -2.05. The summed E-state index contributed by atoms with van der Waals surface area (Å²) >= 11 is 1.59. The van der Waals surface area contributed by atoms with E-state index in [0.717, 1.165) is 17.0 Å². The topological polar surface area (TPSA) is 46.2 Å². The average molecular weight is 285 g/mol. The Kier molecular flexibility index (Phi) is 4.11. The van der Waals surface area contributed by atoms with E-state index in [0.29, 0.717) is 13.0 Å². The van der Waals surface area contributed by atoms with Crippen molar-refractivity contribution in [3.63, 3.8) is 0 Å². The van der Waals surface area contributed by atoms with E-state index in [1.807, 2.05) is 17.5 Å². The van der Waals surface area contributed by atoms with Gasteiger partial charge < -0.3 is 0 Å². The van der Waals surface area contributed by atoms with Gasteiger partial charge in [-0.15, -0.1) is 11.3 Å². The van der Waals surface area contributed by atoms with Crippen molar-refractivity contribution >= 4 is 21.4 Å². The fraction of sp³-hybridized carbons (Fsp3) is 0.167. The molecule has 0 aliphatic carbocycles. The zero-order valence-electron chi connectivity index (χ0n) is 9.47. The van der Waals surface area contributed by atoms with E-state index in [1.165, 1.54) is 12.1 Å². The van der Waals surface area contributed by atoms with Crippen molar-refractivity contribution in [3.8, 4) is 0 Å². The van der Waals surface area contributed by atoms with E-state index < -0.39 is 15.8 Å². The highest BCUT2D eigenvalue weighted by atomic mass is 32.2. The smallest absolute Gasteiger partial charge is 0.211 e. The van der Waals surface area contributed by atoms with Crippen LogP contribution in [0.3, 0.4) is 0 Å². The molecule has 1 N–H and O–H groups in total. The van der Waals surface area contributed by atoms with Gasteiger partial charge in [-0.1, -0.05) is 6.07 Å². The standard InChI is InChI=1S/C12H12FNO2S2/c13-10-3-5-12(6-4-10)18(15,16)14-8-7-11-2-1-9-17-11/h1-6,9,14H,7-8H2. The highest BCUT2D eigenvalue weighted by Gasteiger charge is 2.12. The second-order valence-corrected chi connectivity index (χ2v) is 6.48. The largest absolute Gasteiger partial charge is 0.240 e. The maximum absolute atomic E-state index is 12.7. The second-order valence-electron chi connectivity index (χ2n) is 3.68. The van der Waals surface area contributed by atoms with Crippen LogP contribution in [0.1, 0.15) is 4.88 Å². The second kappa shape index (κ2) is 5.60. The van der Waals surface area contributed by atoms with Gasteiger partial charge in [0.15, 0.2) is 0 Å². The highest BCUT2D eigenvalue weighted by Crippen LogP contribution is 2.11. The van der Waals surface area contributed by atoms with Crippen LogP contribution in [0.25, 0.3) is 0 Å². The summed E-state index contributed by atoms with van der Waals surface area (Å²) < 4.78 is 38.9. The molecule has 18 heavy (non-hydrogen) atoms. The van der Waals surface area contributed by atoms with Crippen molar-refractivity contribution < 1.29 is 12.8 Å². The Morgan fingerprint density at radius 3 is 2.50 bits per heavy atom. The Balaban J connectivity index is 1.97. The number of sulfonamides is 1. The van der Waals surface area contributed by atoms with Crippen molar-refractivity contribution in [1.29, 1.82) is 0 Å². The summed E-state index contributed by atoms with van der Waals surface area (Å²) in [5.74, 6) is -0.451. The minimum atomic E-state index is -3.54. The number of rotatable bonds is 5. The van der Waals surface area contributed by atoms with Gasteiger partial charge in [0, 0.05) is 11.4 Å². The molecule has 1 aromatic heterocycles. The molecule has 0 unspecified atom stereocenters. The third-order valence-corrected chi connectivity index (χ3v) is 4.78. The van der Waals surface area contributed by atoms with Gasteiger partial charge in [0.2, 0.25) is 10.0 Å². The summed E-state index contributed by atoms with van der Waals surface area (Å²) in [6.07, 6.45) is 0.651. The molecule has 0 atom stereocenters. The van der Waals surface area contributed by atoms with Crippen LogP contribution < -0.4 is 4.72 Å². The normalized spacial score (nSPS) is 11.6. The SMILES string of the molecule is O=S(=O)(NCCc1cccs1)c1ccc(F)cc1. The van der Waals surface area contributed by atoms with Crippen LogP contribution in [0.5, 0.6) is 0 Å². The van der Waals surface area contributed by atoms with E-state index in [4.69, 9.17) is 0 Å². The van der Waals surface area contributed by atoms with Crippen LogP contribution in [0.2, 0.25) is 0 Å². The molecule has 2 rings (SSSR count). The van der Waals surface area contributed by atoms with Crippen LogP contribution in [0.15, 0.2) is 46.7 Å². The van der Waals surface area contributed by atoms with Crippen molar-refractivity contribution in [2.75, 3.05) is 6.54 Å². The van der Waals surface area contributed by atoms with Crippen molar-refractivity contribution in [2.45, 2.75) is 11.3 Å². The molecular formula is C12H12FNO2S2. The van der Waals surface area contributed by atoms with E-state index in [9.17, 15) is 12.8 Å². The maximum atomic E-state index is 12.7. The van der Waals surface area contributed by atoms with Gasteiger partial charge in [-0.05, 0) is 42.1 Å². The monoisotopic (exact) mass is 285 g/mol. The fourth-order valence-corrected chi connectivity index (χ4v) is 3.20. The van der Waals surface area contributed by atoms with Gasteiger partial charge in [0.05, 0.1) is 4.90 Å². The van der Waals surface area contributed by atoms with Gasteiger partial charge in [-0.3, -0.25) is 0 Å². The van der Waals surface area contributed by atoms with Gasteiger partial charge in [0.1, 0.15) is 5.82 Å². The maximum Gasteiger partial charge on any atom is 0.240 e. The Labute approximate surface area is 109 Å². The van der Waals surface area contributed by atoms with Crippen LogP contribution in [0, 0.1) is 5.82 Å². The fourth-order valence-electron chi connectivity index (χ4n) is 1.46. The zero-order chi connectivity index (χ0) is 13.0. The minimum absolute atomic E-state index is 0.0788. The zero-order valence-corrected chi connectivity index (χ0v) is 11.1. The number of thiophene rings is 1. The molecule has 0 saturated heterocycles. The molecule has 0 aliphatic heterocycles. The van der Waals surface area contributed by atoms with E-state index >= 15 is 0 Å². The van der Waals surface area contributed by atoms with E-state index in [2.05, 4.69) is 4.72 Å². The van der Waals surface area contributed by atoms with Crippen LogP contribution in [-0.4, -0.2) is 15.0 Å². The molecule has 0 amide bonds. The molecule has 3 nitrogen and oxygen atoms in total. The van der Waals surface area contributed by atoms with Crippen LogP contribution in [-0.2, 0) is 16.4 Å². The molecule has 0 saturated carbocycles. The van der Waals surface area contributed by atoms with Crippen molar-refractivity contribution in [3.05, 3.63) is 52.5 Å². The van der Waals surface area contributed by atoms with Crippen LogP contribution in [0.4, 0.5) is 4.39 Å². The first-order chi connectivity index (χ1) is 8.58. The van der Waals surface area contributed by atoms with Crippen molar-refractivity contribution in [1.82, 2.24) is 4.72 Å². The first-order valence-corrected chi connectivity index (χ1v) is 7.72. The summed E-state index contributed by atoms with van der Waals surface area (Å²) in [6, 6.07) is 8.65. The lowest BCUT2D eigenvalue weighted by molar-refractivity contribution is 0.581. The molecule has 96 valence electrons. The van der Waals surface area contributed by atoms with Crippen molar-refractivity contribution in [2.24, 2.45) is 0 Å². The molecule has 1 aromatic carbocycles. The average Bonchev–Trinajstić information content (AvgIpc) is 2.82. The number of hydrogen-bond donors (Lipinski definition) is 1. The number of nitrogens with one attached hydrogen (secondary N) is 1. The first-order valence-electron chi connectivity index (χ1n) is 5.35. The van der Waals surface area contributed by atoms with Gasteiger partial charge in [-0.2, -0.15) is 0 Å². The number of benzene rings is 1. The lowest BCUT2D eigenvalue weighted by atomic mass is 10.3. The molecular weight excluding hydrogens is 273 g/mol. The molecule has 0 radical (unpaired) electrons. The van der Waals surface area contributed by atoms with Gasteiger partial charge >= 0.3 is 0 Å². The molecule has 2 aromatic rings. The highest BCUT2D eigenvalue weighted by molar-refractivity contribution is 7.89. The third kappa shape index (κ3) is 3.38.